The molecule has 0 aliphatic carbocycles. The van der Waals surface area contributed by atoms with Crippen molar-refractivity contribution in [1.82, 2.24) is 5.32 Å². The predicted molar refractivity (Wildman–Crippen MR) is 129 cm³/mol. The summed E-state index contributed by atoms with van der Waals surface area (Å²) in [4.78, 5) is -0.897. The second-order valence-corrected chi connectivity index (χ2v) is 9.09. The van der Waals surface area contributed by atoms with Gasteiger partial charge in [-0.05, 0) is 37.3 Å². The Kier molecular flexibility index (Phi) is 8.52. The largest absolute Gasteiger partial charge is 0.486 e. The van der Waals surface area contributed by atoms with Crippen molar-refractivity contribution >= 4 is 52.0 Å². The van der Waals surface area contributed by atoms with Gasteiger partial charge in [-0.3, -0.25) is 0 Å². The number of thiocarbonyl (C=S) groups is 1. The van der Waals surface area contributed by atoms with Crippen LogP contribution in [0.25, 0.3) is 0 Å². The van der Waals surface area contributed by atoms with Gasteiger partial charge in [0.25, 0.3) is 0 Å². The molecule has 0 amide bonds. The lowest BCUT2D eigenvalue weighted by atomic mass is 10.0. The first-order valence-corrected chi connectivity index (χ1v) is 11.2. The number of nitrogens with one attached hydrogen (secondary N) is 1. The number of hydrogen-bond donors (Lipinski definition) is 1. The number of hydrogen-bond acceptors (Lipinski definition) is 4. The van der Waals surface area contributed by atoms with E-state index in [0.717, 1.165) is 0 Å². The van der Waals surface area contributed by atoms with Crippen molar-refractivity contribution in [3.63, 3.8) is 0 Å². The van der Waals surface area contributed by atoms with Crippen LogP contribution in [0, 0.1) is 40.4 Å². The predicted octanol–water partition coefficient (Wildman–Crippen LogP) is 7.76. The maximum absolute atomic E-state index is 14.1. The second kappa shape index (κ2) is 11.0. The van der Waals surface area contributed by atoms with E-state index in [1.807, 2.05) is 0 Å². The van der Waals surface area contributed by atoms with Gasteiger partial charge in [0.05, 0.1) is 16.7 Å². The van der Waals surface area contributed by atoms with Crippen molar-refractivity contribution < 1.29 is 31.4 Å². The summed E-state index contributed by atoms with van der Waals surface area (Å²) < 4.78 is 80.2. The molecule has 4 nitrogen and oxygen atoms in total. The maximum atomic E-state index is 14.1. The Morgan fingerprint density at radius 2 is 1.42 bits per heavy atom. The number of rotatable bonds is 7. The lowest BCUT2D eigenvalue weighted by Gasteiger charge is -2.26. The van der Waals surface area contributed by atoms with E-state index in [-0.39, 0.29) is 27.3 Å². The van der Waals surface area contributed by atoms with Crippen LogP contribution in [0.15, 0.2) is 36.4 Å². The van der Waals surface area contributed by atoms with Gasteiger partial charge >= 0.3 is 0 Å². The third-order valence-electron chi connectivity index (χ3n) is 4.61. The molecule has 3 aromatic rings. The summed E-state index contributed by atoms with van der Waals surface area (Å²) in [6.07, 6.45) is 0. The van der Waals surface area contributed by atoms with Crippen LogP contribution in [0.3, 0.4) is 0 Å². The van der Waals surface area contributed by atoms with Gasteiger partial charge in [0.15, 0.2) is 40.3 Å². The van der Waals surface area contributed by atoms with E-state index in [1.54, 1.807) is 6.07 Å². The molecule has 0 fully saturated rings. The molecular formula is C23H12Cl3F5N2O2S. The van der Waals surface area contributed by atoms with Crippen molar-refractivity contribution in [2.45, 2.75) is 12.5 Å². The van der Waals surface area contributed by atoms with Crippen molar-refractivity contribution in [3.05, 3.63) is 86.1 Å². The second-order valence-electron chi connectivity index (χ2n) is 7.40. The standard InChI is InChI=1S/C23H12Cl3F5N2O2S/c1-23(8-32,33-22(36)16-17(27)19(29)21(31)20(30)18(16)28)9-34-15-7-11(25)3-5-14(15)35-13-4-2-10(24)6-12(13)26/h2-7H,9H2,1H3,(H,33,36). The average molecular weight is 582 g/mol. The fraction of sp³-hybridized carbons (Fsp3) is 0.130. The van der Waals surface area contributed by atoms with Crippen LogP contribution in [0.4, 0.5) is 22.0 Å². The maximum Gasteiger partial charge on any atom is 0.200 e. The van der Waals surface area contributed by atoms with Gasteiger partial charge in [-0.25, -0.2) is 22.0 Å². The van der Waals surface area contributed by atoms with Crippen LogP contribution < -0.4 is 14.8 Å². The zero-order chi connectivity index (χ0) is 26.8. The van der Waals surface area contributed by atoms with E-state index in [0.29, 0.717) is 5.02 Å². The first-order valence-electron chi connectivity index (χ1n) is 9.67. The zero-order valence-corrected chi connectivity index (χ0v) is 21.0. The Bertz CT molecular complexity index is 1370. The molecule has 3 aromatic carbocycles. The monoisotopic (exact) mass is 580 g/mol. The fourth-order valence-corrected chi connectivity index (χ4v) is 3.80. The topological polar surface area (TPSA) is 54.3 Å². The summed E-state index contributed by atoms with van der Waals surface area (Å²) in [5, 5.41) is 12.7. The van der Waals surface area contributed by atoms with Gasteiger partial charge in [-0.2, -0.15) is 5.26 Å². The molecule has 0 aliphatic rings. The molecule has 0 saturated heterocycles. The Morgan fingerprint density at radius 1 is 0.889 bits per heavy atom. The minimum Gasteiger partial charge on any atom is -0.486 e. The first-order chi connectivity index (χ1) is 16.9. The molecule has 0 aliphatic heterocycles. The Balaban J connectivity index is 1.85. The molecule has 188 valence electrons. The van der Waals surface area contributed by atoms with E-state index in [9.17, 15) is 27.2 Å². The van der Waals surface area contributed by atoms with Crippen LogP contribution >= 0.6 is 47.0 Å². The third kappa shape index (κ3) is 5.93. The van der Waals surface area contributed by atoms with Gasteiger partial charge in [0, 0.05) is 16.1 Å². The Labute approximate surface area is 222 Å². The number of benzene rings is 3. The van der Waals surface area contributed by atoms with E-state index in [1.165, 1.54) is 43.3 Å². The smallest absolute Gasteiger partial charge is 0.200 e. The molecule has 1 atom stereocenters. The highest BCUT2D eigenvalue weighted by Crippen LogP contribution is 2.38. The molecular weight excluding hydrogens is 570 g/mol. The van der Waals surface area contributed by atoms with Gasteiger partial charge < -0.3 is 14.8 Å². The number of nitriles is 1. The minimum absolute atomic E-state index is 0.0407. The van der Waals surface area contributed by atoms with Crippen molar-refractivity contribution in [1.29, 1.82) is 5.26 Å². The molecule has 0 bridgehead atoms. The van der Waals surface area contributed by atoms with Gasteiger partial charge in [-0.1, -0.05) is 47.0 Å². The average Bonchev–Trinajstić information content (AvgIpc) is 2.83. The Morgan fingerprint density at radius 3 is 1.97 bits per heavy atom. The highest BCUT2D eigenvalue weighted by molar-refractivity contribution is 7.80. The summed E-state index contributed by atoms with van der Waals surface area (Å²) in [6, 6.07) is 10.6. The molecule has 13 heteroatoms. The lowest BCUT2D eigenvalue weighted by Crippen LogP contribution is -2.49. The highest BCUT2D eigenvalue weighted by Gasteiger charge is 2.33. The normalized spacial score (nSPS) is 12.4. The molecule has 0 radical (unpaired) electrons. The van der Waals surface area contributed by atoms with Crippen molar-refractivity contribution in [2.75, 3.05) is 6.61 Å². The molecule has 36 heavy (non-hydrogen) atoms. The SMILES string of the molecule is CC(C#N)(COc1cc(Cl)ccc1Oc1ccc(Cl)cc1Cl)NC(=S)c1c(F)c(F)c(F)c(F)c1F. The molecule has 0 saturated carbocycles. The van der Waals surface area contributed by atoms with Crippen LogP contribution in [0.2, 0.25) is 15.1 Å². The number of ether oxygens (including phenoxy) is 2. The number of nitrogens with zero attached hydrogens (tertiary/aromatic N) is 1. The molecule has 0 aromatic heterocycles. The zero-order valence-electron chi connectivity index (χ0n) is 17.9. The Hall–Kier alpha value is -2.84. The lowest BCUT2D eigenvalue weighted by molar-refractivity contribution is 0.243. The minimum atomic E-state index is -2.34. The molecule has 3 rings (SSSR count). The third-order valence-corrected chi connectivity index (χ3v) is 5.68. The van der Waals surface area contributed by atoms with Crippen LogP contribution in [0.5, 0.6) is 17.2 Å². The molecule has 1 N–H and O–H groups in total. The van der Waals surface area contributed by atoms with Crippen LogP contribution in [-0.2, 0) is 0 Å². The van der Waals surface area contributed by atoms with E-state index < -0.39 is 51.8 Å². The van der Waals surface area contributed by atoms with E-state index in [4.69, 9.17) is 56.5 Å². The highest BCUT2D eigenvalue weighted by atomic mass is 35.5. The van der Waals surface area contributed by atoms with Gasteiger partial charge in [0.1, 0.15) is 17.3 Å². The molecule has 0 heterocycles. The van der Waals surface area contributed by atoms with E-state index in [2.05, 4.69) is 5.32 Å². The summed E-state index contributed by atoms with van der Waals surface area (Å²) in [5.74, 6) is -10.6. The molecule has 1 unspecified atom stereocenters. The summed E-state index contributed by atoms with van der Waals surface area (Å²) >= 11 is 22.9. The fourth-order valence-electron chi connectivity index (χ4n) is 2.79. The first kappa shape index (κ1) is 27.7. The summed E-state index contributed by atoms with van der Waals surface area (Å²) in [6.45, 7) is 0.705. The van der Waals surface area contributed by atoms with Crippen LogP contribution in [0.1, 0.15) is 12.5 Å². The summed E-state index contributed by atoms with van der Waals surface area (Å²) in [7, 11) is 0. The quantitative estimate of drug-likeness (QED) is 0.134. The van der Waals surface area contributed by atoms with Gasteiger partial charge in [0.2, 0.25) is 5.82 Å². The van der Waals surface area contributed by atoms with Crippen molar-refractivity contribution in [2.24, 2.45) is 0 Å². The summed E-state index contributed by atoms with van der Waals surface area (Å²) in [5.41, 5.74) is -3.18. The van der Waals surface area contributed by atoms with Crippen LogP contribution in [-0.4, -0.2) is 17.1 Å². The van der Waals surface area contributed by atoms with Crippen molar-refractivity contribution in [3.8, 4) is 23.3 Å². The van der Waals surface area contributed by atoms with Gasteiger partial charge in [-0.15, -0.1) is 0 Å². The van der Waals surface area contributed by atoms with E-state index >= 15 is 0 Å². The molecule has 0 spiro atoms. The number of halogens is 8.